The van der Waals surface area contributed by atoms with Gasteiger partial charge in [0, 0.05) is 18.0 Å². The molecule has 0 saturated carbocycles. The van der Waals surface area contributed by atoms with E-state index >= 15 is 0 Å². The molecule has 3 N–H and O–H groups in total. The van der Waals surface area contributed by atoms with Crippen molar-refractivity contribution in [3.05, 3.63) is 22.7 Å². The van der Waals surface area contributed by atoms with E-state index in [-0.39, 0.29) is 22.2 Å². The number of hydrogen-bond donors (Lipinski definition) is 2. The molecule has 0 aliphatic rings. The molecule has 180 valence electrons. The lowest BCUT2D eigenvalue weighted by molar-refractivity contribution is 0.246. The van der Waals surface area contributed by atoms with Crippen LogP contribution < -0.4 is 11.4 Å². The van der Waals surface area contributed by atoms with Gasteiger partial charge in [0.05, 0.1) is 5.44 Å². The van der Waals surface area contributed by atoms with Gasteiger partial charge in [-0.15, -0.1) is 11.8 Å². The molecule has 0 aliphatic heterocycles. The Labute approximate surface area is 194 Å². The van der Waals surface area contributed by atoms with E-state index in [4.69, 9.17) is 5.73 Å². The van der Waals surface area contributed by atoms with Gasteiger partial charge in [-0.1, -0.05) is 110 Å². The number of nitrogen functional groups attached to an aromatic ring is 1. The molecule has 0 bridgehead atoms. The fraction of sp³-hybridized carbons (Fsp3) is 0.840. The Bertz CT molecular complexity index is 609. The summed E-state index contributed by atoms with van der Waals surface area (Å²) in [5.74, 6) is 0.245. The summed E-state index contributed by atoms with van der Waals surface area (Å²) >= 11 is 1.53. The standard InChI is InChI=1S/C25H47N3O2S/c1-3-4-5-6-7-8-9-10-11-12-13-14-15-16-17-18-24(29)31-22(2)21-28-20-19-23(26)27-25(28)30/h19-20,22,24,29H,3-18,21H2,1-2H3,(H2,26,27,30). The molecule has 0 spiro atoms. The molecule has 0 amide bonds. The van der Waals surface area contributed by atoms with Crippen LogP contribution in [-0.4, -0.2) is 25.3 Å². The summed E-state index contributed by atoms with van der Waals surface area (Å²) in [6.07, 6.45) is 22.8. The zero-order valence-corrected chi connectivity index (χ0v) is 20.9. The lowest BCUT2D eigenvalue weighted by Crippen LogP contribution is -2.27. The van der Waals surface area contributed by atoms with Crippen LogP contribution in [0.3, 0.4) is 0 Å². The summed E-state index contributed by atoms with van der Waals surface area (Å²) in [6.45, 7) is 4.84. The Balaban J connectivity index is 1.91. The summed E-state index contributed by atoms with van der Waals surface area (Å²) in [4.78, 5) is 15.5. The highest BCUT2D eigenvalue weighted by atomic mass is 32.2. The molecule has 6 heteroatoms. The third-order valence-electron chi connectivity index (χ3n) is 5.79. The van der Waals surface area contributed by atoms with Gasteiger partial charge in [-0.05, 0) is 12.5 Å². The van der Waals surface area contributed by atoms with Crippen LogP contribution in [0.5, 0.6) is 0 Å². The molecule has 31 heavy (non-hydrogen) atoms. The number of aromatic nitrogens is 2. The maximum absolute atomic E-state index is 11.8. The molecule has 0 fully saturated rings. The predicted octanol–water partition coefficient (Wildman–Crippen LogP) is 6.53. The largest absolute Gasteiger partial charge is 0.383 e. The molecule has 1 aromatic rings. The van der Waals surface area contributed by atoms with E-state index < -0.39 is 0 Å². The van der Waals surface area contributed by atoms with Crippen LogP contribution in [0, 0.1) is 0 Å². The van der Waals surface area contributed by atoms with Crippen molar-refractivity contribution in [1.82, 2.24) is 9.55 Å². The van der Waals surface area contributed by atoms with Crippen LogP contribution in [0.25, 0.3) is 0 Å². The zero-order chi connectivity index (χ0) is 22.7. The van der Waals surface area contributed by atoms with Crippen molar-refractivity contribution in [3.63, 3.8) is 0 Å². The lowest BCUT2D eigenvalue weighted by Gasteiger charge is -2.17. The van der Waals surface area contributed by atoms with Crippen molar-refractivity contribution in [1.29, 1.82) is 0 Å². The van der Waals surface area contributed by atoms with Crippen LogP contribution in [-0.2, 0) is 6.54 Å². The quantitative estimate of drug-likeness (QED) is 0.173. The minimum atomic E-state index is -0.366. The molecule has 2 unspecified atom stereocenters. The third kappa shape index (κ3) is 15.4. The lowest BCUT2D eigenvalue weighted by atomic mass is 10.0. The molecular formula is C25H47N3O2S. The van der Waals surface area contributed by atoms with Crippen LogP contribution >= 0.6 is 11.8 Å². The highest BCUT2D eigenvalue weighted by molar-refractivity contribution is 8.00. The Morgan fingerprint density at radius 1 is 0.935 bits per heavy atom. The number of nitrogens with two attached hydrogens (primary N) is 1. The van der Waals surface area contributed by atoms with E-state index in [1.54, 1.807) is 16.8 Å². The summed E-state index contributed by atoms with van der Waals surface area (Å²) in [6, 6.07) is 1.63. The summed E-state index contributed by atoms with van der Waals surface area (Å²) in [5, 5.41) is 10.4. The van der Waals surface area contributed by atoms with Gasteiger partial charge in [-0.2, -0.15) is 4.98 Å². The molecular weight excluding hydrogens is 406 g/mol. The van der Waals surface area contributed by atoms with Gasteiger partial charge in [0.15, 0.2) is 0 Å². The van der Waals surface area contributed by atoms with E-state index in [1.807, 2.05) is 6.92 Å². The Morgan fingerprint density at radius 3 is 1.90 bits per heavy atom. The first-order valence-corrected chi connectivity index (χ1v) is 13.6. The maximum atomic E-state index is 11.8. The van der Waals surface area contributed by atoms with Crippen molar-refractivity contribution in [2.75, 3.05) is 5.73 Å². The minimum absolute atomic E-state index is 0.148. The number of aliphatic hydroxyl groups excluding tert-OH is 1. The van der Waals surface area contributed by atoms with Crippen molar-refractivity contribution >= 4 is 17.6 Å². The highest BCUT2D eigenvalue weighted by Gasteiger charge is 2.12. The van der Waals surface area contributed by atoms with Crippen molar-refractivity contribution in [2.24, 2.45) is 0 Å². The molecule has 1 rings (SSSR count). The van der Waals surface area contributed by atoms with Crippen LogP contribution in [0.1, 0.15) is 117 Å². The fourth-order valence-corrected chi connectivity index (χ4v) is 5.01. The second-order valence-corrected chi connectivity index (χ2v) is 10.5. The molecule has 0 saturated heterocycles. The van der Waals surface area contributed by atoms with Crippen molar-refractivity contribution in [3.8, 4) is 0 Å². The molecule has 0 aliphatic carbocycles. The summed E-state index contributed by atoms with van der Waals surface area (Å²) in [7, 11) is 0. The third-order valence-corrected chi connectivity index (χ3v) is 6.96. The fourth-order valence-electron chi connectivity index (χ4n) is 3.93. The predicted molar refractivity (Wildman–Crippen MR) is 136 cm³/mol. The highest BCUT2D eigenvalue weighted by Crippen LogP contribution is 2.22. The number of anilines is 1. The second-order valence-electron chi connectivity index (χ2n) is 8.93. The van der Waals surface area contributed by atoms with E-state index in [0.717, 1.165) is 12.8 Å². The average Bonchev–Trinajstić information content (AvgIpc) is 2.73. The Kier molecular flexibility index (Phi) is 16.8. The first-order valence-electron chi connectivity index (χ1n) is 12.7. The topological polar surface area (TPSA) is 81.1 Å². The molecule has 0 aromatic carbocycles. The first kappa shape index (κ1) is 28.0. The number of thioether (sulfide) groups is 1. The number of unbranched alkanes of at least 4 members (excludes halogenated alkanes) is 14. The molecule has 1 heterocycles. The number of hydrogen-bond acceptors (Lipinski definition) is 5. The normalized spacial score (nSPS) is 13.4. The van der Waals surface area contributed by atoms with Crippen LogP contribution in [0.2, 0.25) is 0 Å². The Morgan fingerprint density at radius 2 is 1.42 bits per heavy atom. The van der Waals surface area contributed by atoms with Crippen LogP contribution in [0.15, 0.2) is 17.1 Å². The monoisotopic (exact) mass is 453 g/mol. The van der Waals surface area contributed by atoms with Gasteiger partial charge in [0.2, 0.25) is 0 Å². The second kappa shape index (κ2) is 18.6. The number of nitrogens with zero attached hydrogens (tertiary/aromatic N) is 2. The van der Waals surface area contributed by atoms with Gasteiger partial charge >= 0.3 is 5.69 Å². The van der Waals surface area contributed by atoms with Gasteiger partial charge in [0.25, 0.3) is 0 Å². The van der Waals surface area contributed by atoms with Gasteiger partial charge in [-0.3, -0.25) is 4.57 Å². The Hall–Kier alpha value is -1.01. The zero-order valence-electron chi connectivity index (χ0n) is 20.1. The van der Waals surface area contributed by atoms with Crippen molar-refractivity contribution < 1.29 is 5.11 Å². The average molecular weight is 454 g/mol. The molecule has 2 atom stereocenters. The SMILES string of the molecule is CCCCCCCCCCCCCCCCCC(O)SC(C)Cn1ccc(N)nc1=O. The molecule has 5 nitrogen and oxygen atoms in total. The molecule has 1 aromatic heterocycles. The van der Waals surface area contributed by atoms with E-state index in [2.05, 4.69) is 11.9 Å². The number of rotatable bonds is 20. The van der Waals surface area contributed by atoms with Gasteiger partial charge in [0.1, 0.15) is 5.82 Å². The smallest absolute Gasteiger partial charge is 0.349 e. The van der Waals surface area contributed by atoms with Crippen LogP contribution in [0.4, 0.5) is 5.82 Å². The summed E-state index contributed by atoms with van der Waals surface area (Å²) < 4.78 is 1.55. The summed E-state index contributed by atoms with van der Waals surface area (Å²) in [5.41, 5.74) is 4.82. The van der Waals surface area contributed by atoms with E-state index in [0.29, 0.717) is 6.54 Å². The van der Waals surface area contributed by atoms with E-state index in [9.17, 15) is 9.90 Å². The van der Waals surface area contributed by atoms with E-state index in [1.165, 1.54) is 102 Å². The molecule has 0 radical (unpaired) electrons. The van der Waals surface area contributed by atoms with Gasteiger partial charge < -0.3 is 10.8 Å². The van der Waals surface area contributed by atoms with Gasteiger partial charge in [-0.25, -0.2) is 4.79 Å². The first-order chi connectivity index (χ1) is 15.0. The van der Waals surface area contributed by atoms with Crippen molar-refractivity contribution in [2.45, 2.75) is 134 Å². The minimum Gasteiger partial charge on any atom is -0.383 e. The maximum Gasteiger partial charge on any atom is 0.349 e. The number of aliphatic hydroxyl groups is 1.